The fourth-order valence-electron chi connectivity index (χ4n) is 1.40. The van der Waals surface area contributed by atoms with E-state index in [-0.39, 0.29) is 5.82 Å². The Morgan fingerprint density at radius 2 is 2.10 bits per heavy atom. The standard InChI is InChI=1S/C10H7F2N5O3/c1-4-13-9(16-15-4)10(18)14-7-3-8(17(19)20)6(12)2-5(7)11/h2-3H,1H3,(H,14,18)(H,13,15,16). The quantitative estimate of drug-likeness (QED) is 0.655. The Morgan fingerprint density at radius 1 is 1.40 bits per heavy atom. The van der Waals surface area contributed by atoms with Gasteiger partial charge in [0.1, 0.15) is 11.6 Å². The molecule has 8 nitrogen and oxygen atoms in total. The Bertz CT molecular complexity index is 700. The minimum atomic E-state index is -1.33. The summed E-state index contributed by atoms with van der Waals surface area (Å²) in [6.45, 7) is 1.55. The minimum absolute atomic E-state index is 0.270. The van der Waals surface area contributed by atoms with E-state index in [1.807, 2.05) is 5.32 Å². The highest BCUT2D eigenvalue weighted by molar-refractivity contribution is 6.01. The molecule has 20 heavy (non-hydrogen) atoms. The Labute approximate surface area is 110 Å². The van der Waals surface area contributed by atoms with E-state index in [1.165, 1.54) is 0 Å². The molecular formula is C10H7F2N5O3. The zero-order valence-electron chi connectivity index (χ0n) is 9.98. The number of amides is 1. The summed E-state index contributed by atoms with van der Waals surface area (Å²) in [7, 11) is 0. The molecule has 10 heteroatoms. The number of nitrogens with zero attached hydrogens (tertiary/aromatic N) is 3. The number of hydrogen-bond donors (Lipinski definition) is 2. The molecule has 0 saturated heterocycles. The van der Waals surface area contributed by atoms with Gasteiger partial charge in [0, 0.05) is 12.1 Å². The first-order valence-corrected chi connectivity index (χ1v) is 5.22. The van der Waals surface area contributed by atoms with Crippen LogP contribution in [-0.2, 0) is 0 Å². The third-order valence-corrected chi connectivity index (χ3v) is 2.28. The summed E-state index contributed by atoms with van der Waals surface area (Å²) in [6.07, 6.45) is 0. The second-order valence-corrected chi connectivity index (χ2v) is 3.74. The summed E-state index contributed by atoms with van der Waals surface area (Å²) in [6, 6.07) is 0.902. The summed E-state index contributed by atoms with van der Waals surface area (Å²) < 4.78 is 26.6. The van der Waals surface area contributed by atoms with Crippen LogP contribution in [0.1, 0.15) is 16.4 Å². The van der Waals surface area contributed by atoms with Crippen molar-refractivity contribution in [3.05, 3.63) is 45.5 Å². The number of nitro benzene ring substituents is 1. The number of halogens is 2. The van der Waals surface area contributed by atoms with E-state index < -0.39 is 33.8 Å². The van der Waals surface area contributed by atoms with E-state index >= 15 is 0 Å². The van der Waals surface area contributed by atoms with Gasteiger partial charge in [-0.25, -0.2) is 9.37 Å². The number of nitro groups is 1. The fraction of sp³-hybridized carbons (Fsp3) is 0.100. The Kier molecular flexibility index (Phi) is 3.37. The number of H-pyrrole nitrogens is 1. The molecular weight excluding hydrogens is 276 g/mol. The molecule has 2 aromatic rings. The van der Waals surface area contributed by atoms with Crippen LogP contribution in [0.3, 0.4) is 0 Å². The van der Waals surface area contributed by atoms with E-state index in [9.17, 15) is 23.7 Å². The van der Waals surface area contributed by atoms with Gasteiger partial charge in [0.25, 0.3) is 5.91 Å². The summed E-state index contributed by atoms with van der Waals surface area (Å²) in [5.41, 5.74) is -1.49. The number of nitrogens with one attached hydrogen (secondary N) is 2. The molecule has 0 bridgehead atoms. The van der Waals surface area contributed by atoms with Crippen molar-refractivity contribution in [1.82, 2.24) is 15.2 Å². The summed E-state index contributed by atoms with van der Waals surface area (Å²) in [5.74, 6) is -3.27. The van der Waals surface area contributed by atoms with Crippen LogP contribution in [-0.4, -0.2) is 26.0 Å². The van der Waals surface area contributed by atoms with Crippen LogP contribution in [0, 0.1) is 28.7 Å². The van der Waals surface area contributed by atoms with Crippen molar-refractivity contribution in [3.8, 4) is 0 Å². The zero-order valence-corrected chi connectivity index (χ0v) is 9.98. The smallest absolute Gasteiger partial charge is 0.307 e. The lowest BCUT2D eigenvalue weighted by Gasteiger charge is -2.04. The average Bonchev–Trinajstić information content (AvgIpc) is 2.79. The molecule has 1 aromatic carbocycles. The van der Waals surface area contributed by atoms with Crippen LogP contribution >= 0.6 is 0 Å². The van der Waals surface area contributed by atoms with Crippen molar-refractivity contribution in [2.75, 3.05) is 5.32 Å². The first-order chi connectivity index (χ1) is 9.38. The van der Waals surface area contributed by atoms with E-state index in [0.29, 0.717) is 18.0 Å². The number of benzene rings is 1. The maximum absolute atomic E-state index is 13.4. The van der Waals surface area contributed by atoms with Gasteiger partial charge in [-0.05, 0) is 6.92 Å². The molecule has 0 fully saturated rings. The SMILES string of the molecule is Cc1nc(C(=O)Nc2cc([N+](=O)[O-])c(F)cc2F)n[nH]1. The van der Waals surface area contributed by atoms with Crippen molar-refractivity contribution in [3.63, 3.8) is 0 Å². The number of anilines is 1. The van der Waals surface area contributed by atoms with Gasteiger partial charge in [-0.3, -0.25) is 20.0 Å². The van der Waals surface area contributed by atoms with Crippen LogP contribution in [0.4, 0.5) is 20.2 Å². The fourth-order valence-corrected chi connectivity index (χ4v) is 1.40. The van der Waals surface area contributed by atoms with E-state index in [2.05, 4.69) is 15.2 Å². The van der Waals surface area contributed by atoms with Crippen molar-refractivity contribution in [1.29, 1.82) is 0 Å². The van der Waals surface area contributed by atoms with Crippen LogP contribution in [0.15, 0.2) is 12.1 Å². The molecule has 0 saturated carbocycles. The first kappa shape index (κ1) is 13.5. The first-order valence-electron chi connectivity index (χ1n) is 5.22. The lowest BCUT2D eigenvalue weighted by atomic mass is 10.2. The van der Waals surface area contributed by atoms with Gasteiger partial charge in [-0.2, -0.15) is 4.39 Å². The molecule has 0 spiro atoms. The normalized spacial score (nSPS) is 10.3. The maximum atomic E-state index is 13.4. The van der Waals surface area contributed by atoms with E-state index in [0.717, 1.165) is 0 Å². The topological polar surface area (TPSA) is 114 Å². The molecule has 1 amide bonds. The van der Waals surface area contributed by atoms with Gasteiger partial charge in [0.05, 0.1) is 10.6 Å². The number of carbonyl (C=O) groups excluding carboxylic acids is 1. The number of aromatic nitrogens is 3. The van der Waals surface area contributed by atoms with Crippen LogP contribution < -0.4 is 5.32 Å². The highest BCUT2D eigenvalue weighted by atomic mass is 19.1. The highest BCUT2D eigenvalue weighted by Crippen LogP contribution is 2.25. The Hall–Kier alpha value is -2.91. The molecule has 0 unspecified atom stereocenters. The van der Waals surface area contributed by atoms with Crippen molar-refractivity contribution < 1.29 is 18.5 Å². The van der Waals surface area contributed by atoms with E-state index in [4.69, 9.17) is 0 Å². The summed E-state index contributed by atoms with van der Waals surface area (Å²) in [4.78, 5) is 24.9. The van der Waals surface area contributed by atoms with Gasteiger partial charge in [-0.15, -0.1) is 5.10 Å². The Balaban J connectivity index is 2.31. The lowest BCUT2D eigenvalue weighted by molar-refractivity contribution is -0.387. The van der Waals surface area contributed by atoms with Gasteiger partial charge >= 0.3 is 5.69 Å². The van der Waals surface area contributed by atoms with E-state index in [1.54, 1.807) is 6.92 Å². The second kappa shape index (κ2) is 4.99. The predicted molar refractivity (Wildman–Crippen MR) is 62.1 cm³/mol. The molecule has 2 N–H and O–H groups in total. The van der Waals surface area contributed by atoms with Crippen LogP contribution in [0.25, 0.3) is 0 Å². The molecule has 2 rings (SSSR count). The molecule has 104 valence electrons. The number of rotatable bonds is 3. The Morgan fingerprint density at radius 3 is 2.65 bits per heavy atom. The average molecular weight is 283 g/mol. The molecule has 0 radical (unpaired) electrons. The van der Waals surface area contributed by atoms with Gasteiger partial charge in [0.2, 0.25) is 11.6 Å². The molecule has 1 aromatic heterocycles. The van der Waals surface area contributed by atoms with Crippen molar-refractivity contribution in [2.24, 2.45) is 0 Å². The molecule has 0 aliphatic heterocycles. The number of hydrogen-bond acceptors (Lipinski definition) is 5. The zero-order chi connectivity index (χ0) is 14.9. The largest absolute Gasteiger partial charge is 0.316 e. The van der Waals surface area contributed by atoms with Crippen LogP contribution in [0.5, 0.6) is 0 Å². The third-order valence-electron chi connectivity index (χ3n) is 2.28. The second-order valence-electron chi connectivity index (χ2n) is 3.74. The van der Waals surface area contributed by atoms with Gasteiger partial charge < -0.3 is 5.32 Å². The third kappa shape index (κ3) is 2.58. The lowest BCUT2D eigenvalue weighted by Crippen LogP contribution is -2.15. The van der Waals surface area contributed by atoms with Crippen molar-refractivity contribution >= 4 is 17.3 Å². The molecule has 0 atom stereocenters. The number of carbonyl (C=O) groups is 1. The summed E-state index contributed by atoms with van der Waals surface area (Å²) >= 11 is 0. The van der Waals surface area contributed by atoms with Gasteiger partial charge in [0.15, 0.2) is 0 Å². The monoisotopic (exact) mass is 283 g/mol. The van der Waals surface area contributed by atoms with Crippen molar-refractivity contribution in [2.45, 2.75) is 6.92 Å². The number of aryl methyl sites for hydroxylation is 1. The minimum Gasteiger partial charge on any atom is -0.316 e. The highest BCUT2D eigenvalue weighted by Gasteiger charge is 2.21. The number of aromatic amines is 1. The molecule has 0 aliphatic carbocycles. The maximum Gasteiger partial charge on any atom is 0.307 e. The molecule has 1 heterocycles. The molecule has 0 aliphatic rings. The van der Waals surface area contributed by atoms with Gasteiger partial charge in [-0.1, -0.05) is 0 Å². The van der Waals surface area contributed by atoms with Crippen LogP contribution in [0.2, 0.25) is 0 Å². The predicted octanol–water partition coefficient (Wildman–Crippen LogP) is 1.55. The summed E-state index contributed by atoms with van der Waals surface area (Å²) in [5, 5.41) is 18.5.